The first-order valence-corrected chi connectivity index (χ1v) is 10.2. The number of nitrogens with zero attached hydrogens (tertiary/aromatic N) is 2. The molecule has 2 amide bonds. The molecule has 0 radical (unpaired) electrons. The van der Waals surface area contributed by atoms with E-state index < -0.39 is 0 Å². The number of benzene rings is 2. The van der Waals surface area contributed by atoms with Crippen LogP contribution in [0.2, 0.25) is 0 Å². The van der Waals surface area contributed by atoms with Gasteiger partial charge in [0.25, 0.3) is 0 Å². The molecule has 0 spiro atoms. The number of carbonyl (C=O) groups excluding carboxylic acids is 1. The number of aromatic nitrogens is 1. The summed E-state index contributed by atoms with van der Waals surface area (Å²) in [6.45, 7) is 4.98. The molecule has 2 heterocycles. The number of carbonyl (C=O) groups is 1. The predicted octanol–water partition coefficient (Wildman–Crippen LogP) is 5.93. The van der Waals surface area contributed by atoms with Gasteiger partial charge in [-0.1, -0.05) is 28.9 Å². The van der Waals surface area contributed by atoms with Crippen molar-refractivity contribution in [1.29, 1.82) is 0 Å². The van der Waals surface area contributed by atoms with Crippen LogP contribution < -0.4 is 10.1 Å². The Balaban J connectivity index is 1.35. The Kier molecular flexibility index (Phi) is 6.02. The van der Waals surface area contributed by atoms with Gasteiger partial charge in [0, 0.05) is 18.7 Å². The van der Waals surface area contributed by atoms with Gasteiger partial charge in [-0.15, -0.1) is 0 Å². The summed E-state index contributed by atoms with van der Waals surface area (Å²) in [4.78, 5) is 14.3. The lowest BCUT2D eigenvalue weighted by Crippen LogP contribution is -2.39. The number of hydrogen-bond acceptors (Lipinski definition) is 4. The minimum absolute atomic E-state index is 0.173. The number of anilines is 1. The molecular weight excluding hydrogens is 397 g/mol. The summed E-state index contributed by atoms with van der Waals surface area (Å²) in [5.74, 6) is 1.39. The summed E-state index contributed by atoms with van der Waals surface area (Å²) in [5.41, 5.74) is 3.91. The quantitative estimate of drug-likeness (QED) is 0.567. The van der Waals surface area contributed by atoms with Crippen LogP contribution in [0.3, 0.4) is 0 Å². The van der Waals surface area contributed by atoms with Gasteiger partial charge in [0.1, 0.15) is 17.3 Å². The van der Waals surface area contributed by atoms with Crippen molar-refractivity contribution in [2.75, 3.05) is 18.4 Å². The molecule has 1 N–H and O–H groups in total. The van der Waals surface area contributed by atoms with E-state index in [9.17, 15) is 9.18 Å². The highest BCUT2D eigenvalue weighted by atomic mass is 19.1. The first kappa shape index (κ1) is 20.7. The number of halogens is 1. The molecule has 1 saturated heterocycles. The van der Waals surface area contributed by atoms with Gasteiger partial charge in [0.05, 0.1) is 5.69 Å². The average molecular weight is 421 g/mol. The minimum atomic E-state index is -0.295. The summed E-state index contributed by atoms with van der Waals surface area (Å²) in [5, 5.41) is 6.66. The fraction of sp³-hybridized carbons (Fsp3) is 0.250. The van der Waals surface area contributed by atoms with Crippen LogP contribution in [-0.4, -0.2) is 29.2 Å². The molecule has 1 fully saturated rings. The zero-order valence-corrected chi connectivity index (χ0v) is 17.5. The van der Waals surface area contributed by atoms with Gasteiger partial charge in [-0.2, -0.15) is 0 Å². The number of urea groups is 1. The molecular formula is C24H24FN3O3. The number of amides is 2. The maximum absolute atomic E-state index is 13.1. The lowest BCUT2D eigenvalue weighted by atomic mass is 10.0. The van der Waals surface area contributed by atoms with Crippen molar-refractivity contribution in [2.24, 2.45) is 0 Å². The van der Waals surface area contributed by atoms with Crippen LogP contribution in [0.4, 0.5) is 15.1 Å². The van der Waals surface area contributed by atoms with Crippen molar-refractivity contribution in [1.82, 2.24) is 10.1 Å². The minimum Gasteiger partial charge on any atom is -0.457 e. The molecule has 1 aromatic heterocycles. The summed E-state index contributed by atoms with van der Waals surface area (Å²) in [6, 6.07) is 13.5. The van der Waals surface area contributed by atoms with Crippen molar-refractivity contribution in [3.8, 4) is 11.5 Å². The fourth-order valence-electron chi connectivity index (χ4n) is 3.39. The Bertz CT molecular complexity index is 1100. The van der Waals surface area contributed by atoms with E-state index in [1.165, 1.54) is 17.7 Å². The first-order valence-electron chi connectivity index (χ1n) is 10.2. The third kappa shape index (κ3) is 5.12. The Morgan fingerprint density at radius 2 is 1.87 bits per heavy atom. The molecule has 0 aliphatic carbocycles. The van der Waals surface area contributed by atoms with E-state index in [-0.39, 0.29) is 11.8 Å². The monoisotopic (exact) mass is 421 g/mol. The number of likely N-dealkylation sites (tertiary alicyclic amines) is 1. The largest absolute Gasteiger partial charge is 0.457 e. The first-order chi connectivity index (χ1) is 15.0. The van der Waals surface area contributed by atoms with Crippen LogP contribution in [0, 0.1) is 19.7 Å². The average Bonchev–Trinajstić information content (AvgIpc) is 3.08. The second-order valence-corrected chi connectivity index (χ2v) is 7.57. The van der Waals surface area contributed by atoms with E-state index in [1.54, 1.807) is 17.0 Å². The Morgan fingerprint density at radius 1 is 1.13 bits per heavy atom. The van der Waals surface area contributed by atoms with Gasteiger partial charge in [0.15, 0.2) is 0 Å². The molecule has 6 nitrogen and oxygen atoms in total. The zero-order chi connectivity index (χ0) is 21.8. The van der Waals surface area contributed by atoms with Crippen LogP contribution in [-0.2, 0) is 0 Å². The van der Waals surface area contributed by atoms with Crippen molar-refractivity contribution < 1.29 is 18.4 Å². The summed E-state index contributed by atoms with van der Waals surface area (Å²) in [7, 11) is 0. The topological polar surface area (TPSA) is 67.6 Å². The van der Waals surface area contributed by atoms with Crippen LogP contribution in [0.5, 0.6) is 11.5 Å². The van der Waals surface area contributed by atoms with Crippen LogP contribution in [0.1, 0.15) is 29.7 Å². The Hall–Kier alpha value is -3.61. The number of nitrogens with one attached hydrogen (secondary N) is 1. The van der Waals surface area contributed by atoms with E-state index >= 15 is 0 Å². The van der Waals surface area contributed by atoms with E-state index in [1.807, 2.05) is 38.1 Å². The van der Waals surface area contributed by atoms with Crippen LogP contribution in [0.25, 0.3) is 6.08 Å². The number of piperidine rings is 1. The molecule has 0 atom stereocenters. The summed E-state index contributed by atoms with van der Waals surface area (Å²) < 4.78 is 24.0. The Morgan fingerprint density at radius 3 is 2.55 bits per heavy atom. The van der Waals surface area contributed by atoms with Gasteiger partial charge in [-0.3, -0.25) is 5.32 Å². The van der Waals surface area contributed by atoms with Gasteiger partial charge in [-0.05, 0) is 68.7 Å². The molecule has 1 aliphatic rings. The number of hydrogen-bond donors (Lipinski definition) is 1. The van der Waals surface area contributed by atoms with Gasteiger partial charge in [-0.25, -0.2) is 9.18 Å². The van der Waals surface area contributed by atoms with Crippen molar-refractivity contribution in [3.63, 3.8) is 0 Å². The molecule has 0 unspecified atom stereocenters. The van der Waals surface area contributed by atoms with E-state index in [0.29, 0.717) is 30.5 Å². The van der Waals surface area contributed by atoms with E-state index in [2.05, 4.69) is 16.5 Å². The summed E-state index contributed by atoms with van der Waals surface area (Å²) >= 11 is 0. The van der Waals surface area contributed by atoms with Gasteiger partial charge < -0.3 is 14.2 Å². The normalized spacial score (nSPS) is 13.8. The lowest BCUT2D eigenvalue weighted by molar-refractivity contribution is 0.207. The third-order valence-corrected chi connectivity index (χ3v) is 5.35. The molecule has 4 rings (SSSR count). The third-order valence-electron chi connectivity index (χ3n) is 5.35. The lowest BCUT2D eigenvalue weighted by Gasteiger charge is -2.28. The SMILES string of the molecule is Cc1noc(NC(=O)N2CCC(=Cc3cccc(Oc4ccc(F)cc4)c3)CC2)c1C. The molecule has 2 aromatic carbocycles. The molecule has 160 valence electrons. The highest BCUT2D eigenvalue weighted by molar-refractivity contribution is 5.88. The highest BCUT2D eigenvalue weighted by Gasteiger charge is 2.21. The molecule has 1 aliphatic heterocycles. The highest BCUT2D eigenvalue weighted by Crippen LogP contribution is 2.26. The summed E-state index contributed by atoms with van der Waals surface area (Å²) in [6.07, 6.45) is 3.73. The zero-order valence-electron chi connectivity index (χ0n) is 17.5. The Labute approximate surface area is 180 Å². The number of ether oxygens (including phenoxy) is 1. The molecule has 3 aromatic rings. The van der Waals surface area contributed by atoms with E-state index in [4.69, 9.17) is 9.26 Å². The maximum Gasteiger partial charge on any atom is 0.324 e. The van der Waals surface area contributed by atoms with Crippen LogP contribution >= 0.6 is 0 Å². The molecule has 0 saturated carbocycles. The number of rotatable bonds is 4. The van der Waals surface area contributed by atoms with Crippen molar-refractivity contribution in [2.45, 2.75) is 26.7 Å². The smallest absolute Gasteiger partial charge is 0.324 e. The van der Waals surface area contributed by atoms with Gasteiger partial charge in [0.2, 0.25) is 5.88 Å². The van der Waals surface area contributed by atoms with E-state index in [0.717, 1.165) is 29.7 Å². The standard InChI is InChI=1S/C24H24FN3O3/c1-16-17(2)27-31-23(16)26-24(29)28-12-10-18(11-13-28)14-19-4-3-5-22(15-19)30-21-8-6-20(25)7-9-21/h3-9,14-15H,10-13H2,1-2H3,(H,26,29). The van der Waals surface area contributed by atoms with Crippen molar-refractivity contribution >= 4 is 18.0 Å². The maximum atomic E-state index is 13.1. The second-order valence-electron chi connectivity index (χ2n) is 7.57. The molecule has 7 heteroatoms. The number of aryl methyl sites for hydroxylation is 1. The van der Waals surface area contributed by atoms with Crippen LogP contribution in [0.15, 0.2) is 58.6 Å². The van der Waals surface area contributed by atoms with Crippen molar-refractivity contribution in [3.05, 3.63) is 76.7 Å². The fourth-order valence-corrected chi connectivity index (χ4v) is 3.39. The molecule has 31 heavy (non-hydrogen) atoms. The second kappa shape index (κ2) is 9.04. The molecule has 0 bridgehead atoms. The van der Waals surface area contributed by atoms with Gasteiger partial charge >= 0.3 is 6.03 Å². The predicted molar refractivity (Wildman–Crippen MR) is 117 cm³/mol.